The van der Waals surface area contributed by atoms with E-state index in [0.29, 0.717) is 31.1 Å². The summed E-state index contributed by atoms with van der Waals surface area (Å²) in [5, 5.41) is 0. The quantitative estimate of drug-likeness (QED) is 0.707. The van der Waals surface area contributed by atoms with Crippen LogP contribution in [0, 0.1) is 23.2 Å². The van der Waals surface area contributed by atoms with Crippen molar-refractivity contribution in [3.8, 4) is 0 Å². The minimum absolute atomic E-state index is 0.108. The molecule has 0 N–H and O–H groups in total. The van der Waals surface area contributed by atoms with Gasteiger partial charge in [0.05, 0.1) is 6.61 Å². The topological polar surface area (TPSA) is 43.4 Å². The molecule has 2 bridgehead atoms. The number of carbonyl (C=O) groups excluding carboxylic acids is 2. The molecule has 0 aromatic carbocycles. The highest BCUT2D eigenvalue weighted by atomic mass is 16.5. The van der Waals surface area contributed by atoms with Gasteiger partial charge in [-0.3, -0.25) is 9.59 Å². The second-order valence-electron chi connectivity index (χ2n) is 5.99. The summed E-state index contributed by atoms with van der Waals surface area (Å²) in [5.74, 6) is 1.25. The normalized spacial score (nSPS) is 34.1. The van der Waals surface area contributed by atoms with Crippen molar-refractivity contribution in [1.82, 2.24) is 0 Å². The molecular formula is C14H22O3. The van der Waals surface area contributed by atoms with Crippen molar-refractivity contribution in [3.63, 3.8) is 0 Å². The zero-order chi connectivity index (χ0) is 12.6. The molecular weight excluding hydrogens is 216 g/mol. The Labute approximate surface area is 103 Å². The number of hydrogen-bond donors (Lipinski definition) is 0. The molecule has 3 aliphatic carbocycles. The number of esters is 1. The van der Waals surface area contributed by atoms with Crippen molar-refractivity contribution < 1.29 is 14.3 Å². The van der Waals surface area contributed by atoms with Crippen LogP contribution in [0.4, 0.5) is 0 Å². The molecule has 0 spiro atoms. The lowest BCUT2D eigenvalue weighted by Crippen LogP contribution is -2.56. The summed E-state index contributed by atoms with van der Waals surface area (Å²) in [7, 11) is 0. The molecule has 0 saturated heterocycles. The molecule has 17 heavy (non-hydrogen) atoms. The minimum atomic E-state index is -0.168. The van der Waals surface area contributed by atoms with E-state index in [-0.39, 0.29) is 23.2 Å². The Hall–Kier alpha value is -0.860. The lowest BCUT2D eigenvalue weighted by Gasteiger charge is -2.57. The minimum Gasteiger partial charge on any atom is -0.466 e. The van der Waals surface area contributed by atoms with Crippen LogP contribution in [-0.2, 0) is 14.3 Å². The largest absolute Gasteiger partial charge is 0.466 e. The third kappa shape index (κ3) is 2.12. The lowest BCUT2D eigenvalue weighted by molar-refractivity contribution is -0.158. The van der Waals surface area contributed by atoms with Gasteiger partial charge in [-0.25, -0.2) is 0 Å². The van der Waals surface area contributed by atoms with Crippen molar-refractivity contribution in [2.45, 2.75) is 46.5 Å². The van der Waals surface area contributed by atoms with Crippen LogP contribution in [-0.4, -0.2) is 18.4 Å². The van der Waals surface area contributed by atoms with Gasteiger partial charge in [0.2, 0.25) is 0 Å². The first-order valence-corrected chi connectivity index (χ1v) is 6.66. The van der Waals surface area contributed by atoms with Crippen LogP contribution in [0.15, 0.2) is 0 Å². The summed E-state index contributed by atoms with van der Waals surface area (Å²) in [5.41, 5.74) is 0.206. The van der Waals surface area contributed by atoms with Gasteiger partial charge in [0.25, 0.3) is 0 Å². The van der Waals surface area contributed by atoms with Crippen LogP contribution in [0.3, 0.4) is 0 Å². The molecule has 3 aliphatic rings. The Bertz CT molecular complexity index is 332. The zero-order valence-electron chi connectivity index (χ0n) is 11.0. The molecule has 3 heteroatoms. The molecule has 3 nitrogen and oxygen atoms in total. The van der Waals surface area contributed by atoms with Crippen molar-refractivity contribution in [2.24, 2.45) is 23.2 Å². The van der Waals surface area contributed by atoms with E-state index in [9.17, 15) is 9.59 Å². The van der Waals surface area contributed by atoms with Gasteiger partial charge in [-0.15, -0.1) is 0 Å². The fraction of sp³-hybridized carbons (Fsp3) is 0.857. The van der Waals surface area contributed by atoms with E-state index in [2.05, 4.69) is 13.8 Å². The highest BCUT2D eigenvalue weighted by Crippen LogP contribution is 2.59. The van der Waals surface area contributed by atoms with Gasteiger partial charge in [0.15, 0.2) is 0 Å². The first-order chi connectivity index (χ1) is 7.96. The molecule has 96 valence electrons. The fourth-order valence-electron chi connectivity index (χ4n) is 3.43. The van der Waals surface area contributed by atoms with Gasteiger partial charge in [-0.05, 0) is 37.5 Å². The number of ether oxygens (including phenoxy) is 1. The molecule has 3 rings (SSSR count). The number of carbonyl (C=O) groups is 2. The molecule has 0 amide bonds. The second-order valence-corrected chi connectivity index (χ2v) is 5.99. The van der Waals surface area contributed by atoms with Gasteiger partial charge in [0.1, 0.15) is 5.78 Å². The smallest absolute Gasteiger partial charge is 0.305 e. The number of fused-ring (bicyclic) bond motifs is 2. The number of rotatable bonds is 4. The van der Waals surface area contributed by atoms with E-state index in [0.717, 1.165) is 12.8 Å². The molecule has 0 heterocycles. The fourth-order valence-corrected chi connectivity index (χ4v) is 3.43. The van der Waals surface area contributed by atoms with E-state index >= 15 is 0 Å². The zero-order valence-corrected chi connectivity index (χ0v) is 11.0. The van der Waals surface area contributed by atoms with Crippen LogP contribution in [0.2, 0.25) is 0 Å². The van der Waals surface area contributed by atoms with Crippen molar-refractivity contribution in [1.29, 1.82) is 0 Å². The van der Waals surface area contributed by atoms with E-state index in [1.165, 1.54) is 0 Å². The molecule has 0 aliphatic heterocycles. The summed E-state index contributed by atoms with van der Waals surface area (Å²) in [4.78, 5) is 23.5. The maximum atomic E-state index is 12.2. The summed E-state index contributed by atoms with van der Waals surface area (Å²) in [6.45, 7) is 6.63. The predicted molar refractivity (Wildman–Crippen MR) is 64.4 cm³/mol. The maximum absolute atomic E-state index is 12.2. The number of ketones is 1. The van der Waals surface area contributed by atoms with E-state index in [4.69, 9.17) is 4.74 Å². The summed E-state index contributed by atoms with van der Waals surface area (Å²) in [6, 6.07) is 0. The van der Waals surface area contributed by atoms with Gasteiger partial charge in [-0.1, -0.05) is 13.8 Å². The van der Waals surface area contributed by atoms with Gasteiger partial charge >= 0.3 is 5.97 Å². The predicted octanol–water partition coefficient (Wildman–Crippen LogP) is 2.58. The molecule has 3 saturated carbocycles. The highest BCUT2D eigenvalue weighted by molar-refractivity contribution is 5.87. The van der Waals surface area contributed by atoms with Crippen LogP contribution in [0.1, 0.15) is 46.5 Å². The Balaban J connectivity index is 1.85. The molecule has 0 radical (unpaired) electrons. The Kier molecular flexibility index (Phi) is 3.28. The SMILES string of the molecule is CCOC(=O)CCC1CC2CC(C1=O)C2(C)C. The van der Waals surface area contributed by atoms with E-state index < -0.39 is 0 Å². The van der Waals surface area contributed by atoms with Crippen LogP contribution >= 0.6 is 0 Å². The average molecular weight is 238 g/mol. The molecule has 0 aromatic rings. The van der Waals surface area contributed by atoms with Crippen LogP contribution in [0.5, 0.6) is 0 Å². The summed E-state index contributed by atoms with van der Waals surface area (Å²) < 4.78 is 4.90. The average Bonchev–Trinajstić information content (AvgIpc) is 2.27. The first-order valence-electron chi connectivity index (χ1n) is 6.66. The third-order valence-corrected chi connectivity index (χ3v) is 4.79. The van der Waals surface area contributed by atoms with Gasteiger partial charge in [0, 0.05) is 18.3 Å². The molecule has 3 unspecified atom stereocenters. The highest BCUT2D eigenvalue weighted by Gasteiger charge is 2.57. The molecule has 0 aromatic heterocycles. The Morgan fingerprint density at radius 1 is 1.41 bits per heavy atom. The number of hydrogen-bond acceptors (Lipinski definition) is 3. The maximum Gasteiger partial charge on any atom is 0.305 e. The summed E-state index contributed by atoms with van der Waals surface area (Å²) in [6.07, 6.45) is 3.12. The van der Waals surface area contributed by atoms with Crippen molar-refractivity contribution >= 4 is 11.8 Å². The van der Waals surface area contributed by atoms with Gasteiger partial charge < -0.3 is 4.74 Å². The molecule has 3 atom stereocenters. The Morgan fingerprint density at radius 2 is 2.12 bits per heavy atom. The van der Waals surface area contributed by atoms with Crippen molar-refractivity contribution in [2.75, 3.05) is 6.61 Å². The monoisotopic (exact) mass is 238 g/mol. The van der Waals surface area contributed by atoms with Gasteiger partial charge in [-0.2, -0.15) is 0 Å². The van der Waals surface area contributed by atoms with E-state index in [1.807, 2.05) is 0 Å². The third-order valence-electron chi connectivity index (χ3n) is 4.79. The molecule has 3 fully saturated rings. The Morgan fingerprint density at radius 3 is 2.65 bits per heavy atom. The van der Waals surface area contributed by atoms with Crippen LogP contribution < -0.4 is 0 Å². The summed E-state index contributed by atoms with van der Waals surface area (Å²) >= 11 is 0. The first kappa shape index (κ1) is 12.6. The van der Waals surface area contributed by atoms with Crippen molar-refractivity contribution in [3.05, 3.63) is 0 Å². The van der Waals surface area contributed by atoms with Crippen LogP contribution in [0.25, 0.3) is 0 Å². The standard InChI is InChI=1S/C14H22O3/c1-4-17-12(15)6-5-9-7-10-8-11(13(9)16)14(10,2)3/h9-11H,4-8H2,1-3H3. The second kappa shape index (κ2) is 4.43. The number of Topliss-reactive ketones (excluding diaryl/α,β-unsaturated/α-hetero) is 1. The lowest BCUT2D eigenvalue weighted by atomic mass is 9.46. The van der Waals surface area contributed by atoms with E-state index in [1.54, 1.807) is 6.92 Å².